The molecule has 0 aromatic heterocycles. The third-order valence-electron chi connectivity index (χ3n) is 4.31. The number of rotatable bonds is 4. The maximum Gasteiger partial charge on any atom is 0.287 e. The lowest BCUT2D eigenvalue weighted by Crippen LogP contribution is -2.25. The van der Waals surface area contributed by atoms with Crippen molar-refractivity contribution < 1.29 is 13.5 Å². The van der Waals surface area contributed by atoms with Gasteiger partial charge in [0.2, 0.25) is 0 Å². The lowest BCUT2D eigenvalue weighted by molar-refractivity contribution is 0.318. The highest BCUT2D eigenvalue weighted by molar-refractivity contribution is 7.90. The van der Waals surface area contributed by atoms with Crippen LogP contribution in [0.25, 0.3) is 0 Å². The van der Waals surface area contributed by atoms with Gasteiger partial charge in [0.25, 0.3) is 10.0 Å². The molecule has 1 saturated carbocycles. The van der Waals surface area contributed by atoms with Gasteiger partial charge >= 0.3 is 0 Å². The number of phenolic OH excluding ortho intramolecular Hbond substituents is 1. The molecule has 0 amide bonds. The second kappa shape index (κ2) is 6.28. The van der Waals surface area contributed by atoms with Gasteiger partial charge in [0.05, 0.1) is 0 Å². The van der Waals surface area contributed by atoms with Gasteiger partial charge in [0, 0.05) is 14.1 Å². The van der Waals surface area contributed by atoms with Gasteiger partial charge in [0.15, 0.2) is 0 Å². The van der Waals surface area contributed by atoms with Crippen LogP contribution < -0.4 is 0 Å². The van der Waals surface area contributed by atoms with Crippen molar-refractivity contribution in [3.8, 4) is 5.75 Å². The number of nitrogens with zero attached hydrogens (tertiary/aromatic N) is 2. The average molecular weight is 324 g/mol. The molecular weight excluding hydrogens is 300 g/mol. The van der Waals surface area contributed by atoms with E-state index in [0.29, 0.717) is 0 Å². The van der Waals surface area contributed by atoms with Gasteiger partial charge in [-0.15, -0.1) is 4.40 Å². The third kappa shape index (κ3) is 3.61. The van der Waals surface area contributed by atoms with Gasteiger partial charge in [-0.2, -0.15) is 8.42 Å². The average Bonchev–Trinajstić information content (AvgIpc) is 2.46. The van der Waals surface area contributed by atoms with Crippen LogP contribution in [-0.2, 0) is 15.4 Å². The first-order chi connectivity index (χ1) is 10.2. The highest BCUT2D eigenvalue weighted by Gasteiger charge is 2.30. The number of hydrogen-bond donors (Lipinski definition) is 1. The van der Waals surface area contributed by atoms with Crippen LogP contribution >= 0.6 is 0 Å². The fourth-order valence-electron chi connectivity index (χ4n) is 2.93. The molecule has 2 rings (SSSR count). The summed E-state index contributed by atoms with van der Waals surface area (Å²) in [6.45, 7) is 2.16. The van der Waals surface area contributed by atoms with E-state index in [1.54, 1.807) is 25.1 Å². The summed E-state index contributed by atoms with van der Waals surface area (Å²) in [6.07, 6.45) is 6.84. The molecule has 1 aliphatic carbocycles. The molecule has 122 valence electrons. The Labute approximate surface area is 132 Å². The Morgan fingerprint density at radius 1 is 1.23 bits per heavy atom. The van der Waals surface area contributed by atoms with Crippen LogP contribution in [0.15, 0.2) is 27.5 Å². The molecule has 6 heteroatoms. The first-order valence-corrected chi connectivity index (χ1v) is 8.99. The Bertz CT molecular complexity index is 660. The number of sulfonamides is 1. The molecule has 1 aliphatic rings. The molecule has 0 bridgehead atoms. The summed E-state index contributed by atoms with van der Waals surface area (Å²) in [5.74, 6) is -0.251. The van der Waals surface area contributed by atoms with Gasteiger partial charge in [-0.3, -0.25) is 0 Å². The molecule has 22 heavy (non-hydrogen) atoms. The summed E-state index contributed by atoms with van der Waals surface area (Å²) < 4.78 is 28.2. The molecule has 0 heterocycles. The van der Waals surface area contributed by atoms with Gasteiger partial charge < -0.3 is 10.0 Å². The molecule has 0 spiro atoms. The minimum Gasteiger partial charge on any atom is -0.507 e. The first kappa shape index (κ1) is 16.8. The van der Waals surface area contributed by atoms with Crippen molar-refractivity contribution in [2.45, 2.75) is 49.3 Å². The van der Waals surface area contributed by atoms with Crippen LogP contribution in [0.3, 0.4) is 0 Å². The normalized spacial score (nSPS) is 18.5. The number of aromatic hydroxyl groups is 1. The predicted octanol–water partition coefficient (Wildman–Crippen LogP) is 2.89. The molecule has 1 fully saturated rings. The lowest BCUT2D eigenvalue weighted by atomic mass is 9.71. The van der Waals surface area contributed by atoms with Crippen molar-refractivity contribution in [3.63, 3.8) is 0 Å². The summed E-state index contributed by atoms with van der Waals surface area (Å²) in [6, 6.07) is 4.88. The largest absolute Gasteiger partial charge is 0.507 e. The van der Waals surface area contributed by atoms with E-state index in [-0.39, 0.29) is 16.1 Å². The maximum absolute atomic E-state index is 12.3. The molecule has 0 radical (unpaired) electrons. The fraction of sp³-hybridized carbons (Fsp3) is 0.562. The summed E-state index contributed by atoms with van der Waals surface area (Å²) in [5, 5.41) is 9.95. The molecule has 1 N–H and O–H groups in total. The van der Waals surface area contributed by atoms with Crippen molar-refractivity contribution in [3.05, 3.63) is 23.8 Å². The quantitative estimate of drug-likeness (QED) is 0.683. The van der Waals surface area contributed by atoms with E-state index >= 15 is 0 Å². The second-order valence-electron chi connectivity index (χ2n) is 6.46. The lowest BCUT2D eigenvalue weighted by Gasteiger charge is -2.34. The van der Waals surface area contributed by atoms with Crippen LogP contribution in [0, 0.1) is 0 Å². The first-order valence-electron chi connectivity index (χ1n) is 7.55. The molecule has 0 saturated heterocycles. The maximum atomic E-state index is 12.3. The van der Waals surface area contributed by atoms with Gasteiger partial charge in [-0.05, 0) is 36.0 Å². The van der Waals surface area contributed by atoms with E-state index in [1.807, 2.05) is 6.07 Å². The monoisotopic (exact) mass is 324 g/mol. The fourth-order valence-corrected chi connectivity index (χ4v) is 3.96. The molecule has 0 atom stereocenters. The van der Waals surface area contributed by atoms with Crippen LogP contribution in [0.1, 0.15) is 44.6 Å². The Hall–Kier alpha value is -1.56. The predicted molar refractivity (Wildman–Crippen MR) is 87.9 cm³/mol. The van der Waals surface area contributed by atoms with Gasteiger partial charge in [-0.1, -0.05) is 32.3 Å². The second-order valence-corrected chi connectivity index (χ2v) is 8.06. The van der Waals surface area contributed by atoms with Crippen LogP contribution in [0.5, 0.6) is 5.75 Å². The molecule has 5 nitrogen and oxygen atoms in total. The topological polar surface area (TPSA) is 70.0 Å². The Kier molecular flexibility index (Phi) is 4.80. The van der Waals surface area contributed by atoms with Crippen LogP contribution in [0.4, 0.5) is 0 Å². The molecule has 1 aromatic carbocycles. The highest BCUT2D eigenvalue weighted by Crippen LogP contribution is 2.41. The highest BCUT2D eigenvalue weighted by atomic mass is 32.2. The number of hydrogen-bond acceptors (Lipinski definition) is 3. The summed E-state index contributed by atoms with van der Waals surface area (Å²) >= 11 is 0. The van der Waals surface area contributed by atoms with E-state index in [0.717, 1.165) is 31.2 Å². The SMILES string of the molecule is CN(C)C=NS(=O)(=O)c1cc(C2(C)CCCCC2)ccc1O. The zero-order valence-electron chi connectivity index (χ0n) is 13.4. The van der Waals surface area contributed by atoms with Gasteiger partial charge in [-0.25, -0.2) is 0 Å². The molecule has 1 aromatic rings. The third-order valence-corrected chi connectivity index (χ3v) is 5.56. The minimum absolute atomic E-state index is 0.0263. The summed E-state index contributed by atoms with van der Waals surface area (Å²) in [4.78, 5) is 1.43. The van der Waals surface area contributed by atoms with Crippen molar-refractivity contribution in [2.24, 2.45) is 4.40 Å². The van der Waals surface area contributed by atoms with E-state index in [2.05, 4.69) is 11.3 Å². The Morgan fingerprint density at radius 3 is 2.45 bits per heavy atom. The van der Waals surface area contributed by atoms with Crippen molar-refractivity contribution >= 4 is 16.4 Å². The molecular formula is C16H24N2O3S. The summed E-state index contributed by atoms with van der Waals surface area (Å²) in [5.41, 5.74) is 0.935. The van der Waals surface area contributed by atoms with Crippen molar-refractivity contribution in [2.75, 3.05) is 14.1 Å². The zero-order chi connectivity index (χ0) is 16.4. The van der Waals surface area contributed by atoms with Crippen LogP contribution in [0.2, 0.25) is 0 Å². The van der Waals surface area contributed by atoms with Crippen molar-refractivity contribution in [1.29, 1.82) is 0 Å². The van der Waals surface area contributed by atoms with E-state index in [1.165, 1.54) is 18.8 Å². The minimum atomic E-state index is -3.90. The number of benzene rings is 1. The summed E-state index contributed by atoms with van der Waals surface area (Å²) in [7, 11) is -0.511. The van der Waals surface area contributed by atoms with Crippen molar-refractivity contribution in [1.82, 2.24) is 4.90 Å². The van der Waals surface area contributed by atoms with E-state index in [4.69, 9.17) is 0 Å². The Morgan fingerprint density at radius 2 is 1.86 bits per heavy atom. The molecule has 0 aliphatic heterocycles. The smallest absolute Gasteiger partial charge is 0.287 e. The zero-order valence-corrected chi connectivity index (χ0v) is 14.2. The van der Waals surface area contributed by atoms with E-state index in [9.17, 15) is 13.5 Å². The Balaban J connectivity index is 2.43. The number of phenols is 1. The van der Waals surface area contributed by atoms with E-state index < -0.39 is 10.0 Å². The standard InChI is InChI=1S/C16H24N2O3S/c1-16(9-5-4-6-10-16)13-7-8-14(19)15(11-13)22(20,21)17-12-18(2)3/h7-8,11-12,19H,4-6,9-10H2,1-3H3. The van der Waals surface area contributed by atoms with Gasteiger partial charge in [0.1, 0.15) is 17.0 Å². The molecule has 0 unspecified atom stereocenters. The van der Waals surface area contributed by atoms with Crippen LogP contribution in [-0.4, -0.2) is 38.9 Å².